The van der Waals surface area contributed by atoms with E-state index in [-0.39, 0.29) is 96.0 Å². The molecular formula is C66H105N2O12. The van der Waals surface area contributed by atoms with Crippen LogP contribution in [0.5, 0.6) is 34.5 Å². The maximum absolute atomic E-state index is 15.9. The van der Waals surface area contributed by atoms with E-state index in [4.69, 9.17) is 33.3 Å². The van der Waals surface area contributed by atoms with Gasteiger partial charge < -0.3 is 33.3 Å². The molecule has 2 saturated heterocycles. The molecule has 3 aliphatic rings. The number of unbranched alkanes of at least 4 members (excludes halogenated alkanes) is 20. The third kappa shape index (κ3) is 18.3. The predicted molar refractivity (Wildman–Crippen MR) is 315 cm³/mol. The quantitative estimate of drug-likeness (QED) is 0.0234. The molecule has 2 aromatic carbocycles. The van der Waals surface area contributed by atoms with Crippen LogP contribution in [-0.4, -0.2) is 82.4 Å². The van der Waals surface area contributed by atoms with Crippen molar-refractivity contribution in [1.29, 1.82) is 0 Å². The fourth-order valence-corrected chi connectivity index (χ4v) is 12.2. The van der Waals surface area contributed by atoms with Gasteiger partial charge in [-0.05, 0) is 125 Å². The van der Waals surface area contributed by atoms with Crippen molar-refractivity contribution in [3.8, 4) is 34.5 Å². The van der Waals surface area contributed by atoms with Crippen molar-refractivity contribution < 1.29 is 57.6 Å². The van der Waals surface area contributed by atoms with Gasteiger partial charge >= 0.3 is 12.1 Å². The number of fused-ring (bicyclic) bond motifs is 2. The smallest absolute Gasteiger partial charge is 0.490 e. The van der Waals surface area contributed by atoms with Crippen LogP contribution < -0.4 is 28.4 Å². The van der Waals surface area contributed by atoms with Crippen molar-refractivity contribution >= 4 is 23.7 Å². The van der Waals surface area contributed by atoms with E-state index in [1.807, 2.05) is 55.4 Å². The van der Waals surface area contributed by atoms with Crippen LogP contribution in [0.3, 0.4) is 0 Å². The molecule has 2 heterocycles. The molecule has 0 atom stereocenters. The minimum atomic E-state index is -1.09. The lowest BCUT2D eigenvalue weighted by molar-refractivity contribution is -0.293. The molecule has 80 heavy (non-hydrogen) atoms. The van der Waals surface area contributed by atoms with Crippen LogP contribution >= 0.6 is 0 Å². The van der Waals surface area contributed by atoms with Gasteiger partial charge in [0.25, 0.3) is 0 Å². The van der Waals surface area contributed by atoms with Gasteiger partial charge in [-0.3, -0.25) is 14.4 Å². The number of nitrogens with zero attached hydrogens (tertiary/aromatic N) is 2. The van der Waals surface area contributed by atoms with E-state index in [2.05, 4.69) is 27.7 Å². The number of hydroxylamine groups is 4. The number of hydrogen-bond donors (Lipinski definition) is 0. The van der Waals surface area contributed by atoms with E-state index in [0.717, 1.165) is 153 Å². The molecule has 5 rings (SSSR count). The van der Waals surface area contributed by atoms with Crippen LogP contribution in [0.4, 0.5) is 4.79 Å². The standard InChI is InChI=1S/C66H105N2O12/c1-13-17-21-25-29-33-40-74-51-44-49-53(59(57(51)76-42-35-31-27-23-19-15-3)78-61(71)48-46-65(9,10)67(73)66(11,12)47-48)55(69)50-45-52(75-41-34-30-26-22-18-14-2)58(77-43-36-32-28-24-20-16-4)60(54(50)56(49)70)79-62(72)80-68-63(5,6)38-37-39-64(68,7)8/h44-45,48H,13-43,46-47H2,1-12H3. The molecule has 2 aliphatic heterocycles. The summed E-state index contributed by atoms with van der Waals surface area (Å²) in [5, 5.41) is 16.3. The Hall–Kier alpha value is -4.40. The van der Waals surface area contributed by atoms with Gasteiger partial charge in [-0.1, -0.05) is 156 Å². The Morgan fingerprint density at radius 3 is 1.18 bits per heavy atom. The van der Waals surface area contributed by atoms with E-state index < -0.39 is 51.8 Å². The van der Waals surface area contributed by atoms with Crippen molar-refractivity contribution in [3.05, 3.63) is 34.4 Å². The van der Waals surface area contributed by atoms with Crippen LogP contribution in [0.2, 0.25) is 0 Å². The zero-order valence-corrected chi connectivity index (χ0v) is 51.9. The van der Waals surface area contributed by atoms with Crippen LogP contribution in [0.1, 0.15) is 301 Å². The van der Waals surface area contributed by atoms with Crippen LogP contribution in [0, 0.1) is 5.92 Å². The number of rotatable bonds is 36. The number of benzene rings is 2. The molecule has 0 unspecified atom stereocenters. The Kier molecular flexibility index (Phi) is 26.5. The van der Waals surface area contributed by atoms with Crippen molar-refractivity contribution in [1.82, 2.24) is 10.1 Å². The molecule has 1 aliphatic carbocycles. The first kappa shape index (κ1) is 66.4. The second-order valence-electron chi connectivity index (χ2n) is 25.7. The highest BCUT2D eigenvalue weighted by molar-refractivity contribution is 6.31. The number of esters is 1. The third-order valence-electron chi connectivity index (χ3n) is 16.5. The maximum Gasteiger partial charge on any atom is 0.533 e. The predicted octanol–water partition coefficient (Wildman–Crippen LogP) is 17.4. The molecule has 2 aromatic rings. The molecule has 1 radical (unpaired) electrons. The summed E-state index contributed by atoms with van der Waals surface area (Å²) in [5.41, 5.74) is -3.51. The van der Waals surface area contributed by atoms with Gasteiger partial charge in [-0.25, -0.2) is 4.79 Å². The Bertz CT molecular complexity index is 2270. The highest BCUT2D eigenvalue weighted by atomic mass is 16.8. The number of carbonyl (C=O) groups excluding carboxylic acids is 4. The molecule has 2 fully saturated rings. The van der Waals surface area contributed by atoms with Gasteiger partial charge in [0.05, 0.1) is 54.6 Å². The second-order valence-corrected chi connectivity index (χ2v) is 25.7. The zero-order valence-electron chi connectivity index (χ0n) is 51.9. The molecule has 0 aromatic heterocycles. The van der Waals surface area contributed by atoms with Crippen molar-refractivity contribution in [2.45, 2.75) is 291 Å². The van der Waals surface area contributed by atoms with E-state index in [0.29, 0.717) is 25.7 Å². The highest BCUT2D eigenvalue weighted by Gasteiger charge is 2.50. The normalized spacial score (nSPS) is 17.6. The minimum Gasteiger partial charge on any atom is -0.490 e. The lowest BCUT2D eigenvalue weighted by Gasteiger charge is -2.49. The average Bonchev–Trinajstić information content (AvgIpc) is 3.57. The van der Waals surface area contributed by atoms with Gasteiger partial charge in [-0.15, -0.1) is 15.3 Å². The third-order valence-corrected chi connectivity index (χ3v) is 16.5. The van der Waals surface area contributed by atoms with E-state index >= 15 is 9.59 Å². The Labute approximate surface area is 482 Å². The monoisotopic (exact) mass is 1120 g/mol. The zero-order chi connectivity index (χ0) is 58.5. The summed E-state index contributed by atoms with van der Waals surface area (Å²) in [5.74, 6) is -2.84. The second kappa shape index (κ2) is 31.9. The van der Waals surface area contributed by atoms with Gasteiger partial charge in [0, 0.05) is 22.2 Å². The summed E-state index contributed by atoms with van der Waals surface area (Å²) in [6.45, 7) is 25.1. The first-order valence-electron chi connectivity index (χ1n) is 31.6. The first-order valence-corrected chi connectivity index (χ1v) is 31.6. The highest BCUT2D eigenvalue weighted by Crippen LogP contribution is 2.52. The SMILES string of the molecule is CCCCCCCCOc1cc2c(c(OC(=O)ON3C(C)(C)CCCC3(C)C)c1OCCCCCCCC)C(=O)c1cc(OCCCCCCCC)c(OCCCCCCCC)c(OC(=O)C3CC(C)(C)N([O])C(C)(C)C3)c1C2=O. The van der Waals surface area contributed by atoms with Crippen molar-refractivity contribution in [2.24, 2.45) is 5.92 Å². The van der Waals surface area contributed by atoms with Gasteiger partial charge in [0.2, 0.25) is 11.5 Å². The molecule has 0 spiro atoms. The topological polar surface area (TPSA) is 159 Å². The summed E-state index contributed by atoms with van der Waals surface area (Å²) in [7, 11) is 0. The molecule has 14 heteroatoms. The summed E-state index contributed by atoms with van der Waals surface area (Å²) in [6.07, 6.45) is 25.8. The van der Waals surface area contributed by atoms with E-state index in [1.165, 1.54) is 12.1 Å². The lowest BCUT2D eigenvalue weighted by Crippen LogP contribution is -2.59. The van der Waals surface area contributed by atoms with Crippen LogP contribution in [0.15, 0.2) is 12.1 Å². The molecular weight excluding hydrogens is 1010 g/mol. The molecule has 14 nitrogen and oxygen atoms in total. The number of ether oxygens (including phenoxy) is 6. The number of ketones is 2. The van der Waals surface area contributed by atoms with Gasteiger partial charge in [-0.2, -0.15) is 0 Å². The van der Waals surface area contributed by atoms with Crippen LogP contribution in [-0.2, 0) is 14.8 Å². The Morgan fingerprint density at radius 2 is 0.800 bits per heavy atom. The Balaban J connectivity index is 1.72. The summed E-state index contributed by atoms with van der Waals surface area (Å²) < 4.78 is 39.4. The average molecular weight is 1120 g/mol. The largest absolute Gasteiger partial charge is 0.533 e. The number of hydrogen-bond acceptors (Lipinski definition) is 13. The molecule has 0 N–H and O–H groups in total. The molecule has 0 saturated carbocycles. The lowest BCUT2D eigenvalue weighted by atomic mass is 9.75. The van der Waals surface area contributed by atoms with Gasteiger partial charge in [0.15, 0.2) is 34.6 Å². The van der Waals surface area contributed by atoms with E-state index in [1.54, 1.807) is 5.06 Å². The molecule has 451 valence electrons. The first-order chi connectivity index (χ1) is 38.1. The number of piperidine rings is 2. The minimum absolute atomic E-state index is 0.0297. The summed E-state index contributed by atoms with van der Waals surface area (Å²) in [6, 6.07) is 3.04. The molecule has 0 amide bonds. The fraction of sp³-hybridized carbons (Fsp3) is 0.758. The molecule has 0 bridgehead atoms. The fourth-order valence-electron chi connectivity index (χ4n) is 12.2. The van der Waals surface area contributed by atoms with Crippen molar-refractivity contribution in [2.75, 3.05) is 26.4 Å². The maximum atomic E-state index is 15.9. The van der Waals surface area contributed by atoms with Crippen molar-refractivity contribution in [3.63, 3.8) is 0 Å². The van der Waals surface area contributed by atoms with Crippen LogP contribution in [0.25, 0.3) is 0 Å². The summed E-state index contributed by atoms with van der Waals surface area (Å²) in [4.78, 5) is 67.4. The van der Waals surface area contributed by atoms with Gasteiger partial charge in [0.1, 0.15) is 0 Å². The number of carbonyl (C=O) groups is 4. The van der Waals surface area contributed by atoms with E-state index in [9.17, 15) is 14.8 Å². The Morgan fingerprint density at radius 1 is 0.463 bits per heavy atom. The summed E-state index contributed by atoms with van der Waals surface area (Å²) >= 11 is 0.